The topological polar surface area (TPSA) is 20.3 Å². The second kappa shape index (κ2) is 4.15. The van der Waals surface area contributed by atoms with Gasteiger partial charge < -0.3 is 0 Å². The molecule has 1 aliphatic rings. The first-order valence-corrected chi connectivity index (χ1v) is 5.46. The molecule has 0 spiro atoms. The van der Waals surface area contributed by atoms with E-state index in [1.165, 1.54) is 11.1 Å². The lowest BCUT2D eigenvalue weighted by Gasteiger charge is -2.34. The number of benzene rings is 1. The third-order valence-electron chi connectivity index (χ3n) is 3.16. The maximum atomic E-state index is 11.2. The van der Waals surface area contributed by atoms with Crippen LogP contribution in [0.1, 0.15) is 30.5 Å². The summed E-state index contributed by atoms with van der Waals surface area (Å²) >= 11 is 0. The molecule has 0 aromatic heterocycles. The van der Waals surface area contributed by atoms with Crippen molar-refractivity contribution in [1.82, 2.24) is 4.90 Å². The summed E-state index contributed by atoms with van der Waals surface area (Å²) in [6, 6.07) is 8.75. The molecule has 2 heteroatoms. The Morgan fingerprint density at radius 3 is 2.93 bits per heavy atom. The SMILES string of the molecule is CC(=O)CC1c2ccccc2CCN1C. The van der Waals surface area contributed by atoms with E-state index in [0.29, 0.717) is 6.42 Å². The van der Waals surface area contributed by atoms with Gasteiger partial charge in [0.25, 0.3) is 0 Å². The first-order chi connectivity index (χ1) is 7.18. The zero-order valence-corrected chi connectivity index (χ0v) is 9.36. The van der Waals surface area contributed by atoms with Crippen LogP contribution >= 0.6 is 0 Å². The van der Waals surface area contributed by atoms with Gasteiger partial charge in [0.2, 0.25) is 0 Å². The number of hydrogen-bond donors (Lipinski definition) is 0. The van der Waals surface area contributed by atoms with Crippen LogP contribution in [0.25, 0.3) is 0 Å². The molecular weight excluding hydrogens is 186 g/mol. The standard InChI is InChI=1S/C13H17NO/c1-10(15)9-13-12-6-4-3-5-11(12)7-8-14(13)2/h3-6,13H,7-9H2,1-2H3. The fraction of sp³-hybridized carbons (Fsp3) is 0.462. The average Bonchev–Trinajstić information content (AvgIpc) is 2.22. The van der Waals surface area contributed by atoms with Crippen molar-refractivity contribution in [2.75, 3.05) is 13.6 Å². The van der Waals surface area contributed by atoms with Gasteiger partial charge in [-0.25, -0.2) is 0 Å². The second-order valence-corrected chi connectivity index (χ2v) is 4.35. The van der Waals surface area contributed by atoms with Crippen LogP contribution in [-0.2, 0) is 11.2 Å². The Kier molecular flexibility index (Phi) is 2.87. The summed E-state index contributed by atoms with van der Waals surface area (Å²) in [7, 11) is 2.10. The molecular formula is C13H17NO. The van der Waals surface area contributed by atoms with Gasteiger partial charge in [0.15, 0.2) is 0 Å². The Balaban J connectivity index is 2.32. The molecule has 0 aliphatic carbocycles. The van der Waals surface area contributed by atoms with Crippen LogP contribution < -0.4 is 0 Å². The second-order valence-electron chi connectivity index (χ2n) is 4.35. The number of carbonyl (C=O) groups excluding carboxylic acids is 1. The quantitative estimate of drug-likeness (QED) is 0.734. The number of hydrogen-bond acceptors (Lipinski definition) is 2. The summed E-state index contributed by atoms with van der Waals surface area (Å²) in [6.07, 6.45) is 1.73. The molecule has 0 amide bonds. The van der Waals surface area contributed by atoms with E-state index in [0.717, 1.165) is 13.0 Å². The van der Waals surface area contributed by atoms with Crippen LogP contribution in [-0.4, -0.2) is 24.3 Å². The Bertz CT molecular complexity index is 373. The molecule has 0 saturated carbocycles. The Hall–Kier alpha value is -1.15. The molecule has 0 radical (unpaired) electrons. The maximum Gasteiger partial charge on any atom is 0.131 e. The summed E-state index contributed by atoms with van der Waals surface area (Å²) < 4.78 is 0. The monoisotopic (exact) mass is 203 g/mol. The lowest BCUT2D eigenvalue weighted by Crippen LogP contribution is -2.33. The van der Waals surface area contributed by atoms with E-state index in [2.05, 4.69) is 36.2 Å². The molecule has 0 N–H and O–H groups in total. The van der Waals surface area contributed by atoms with Crippen molar-refractivity contribution < 1.29 is 4.79 Å². The summed E-state index contributed by atoms with van der Waals surface area (Å²) in [6.45, 7) is 2.72. The van der Waals surface area contributed by atoms with Crippen LogP contribution in [0, 0.1) is 0 Å². The Morgan fingerprint density at radius 1 is 1.47 bits per heavy atom. The van der Waals surface area contributed by atoms with Gasteiger partial charge in [0.05, 0.1) is 0 Å². The van der Waals surface area contributed by atoms with Crippen molar-refractivity contribution in [3.63, 3.8) is 0 Å². The highest BCUT2D eigenvalue weighted by Crippen LogP contribution is 2.30. The molecule has 80 valence electrons. The largest absolute Gasteiger partial charge is 0.300 e. The lowest BCUT2D eigenvalue weighted by molar-refractivity contribution is -0.118. The lowest BCUT2D eigenvalue weighted by atomic mass is 9.90. The normalized spacial score (nSPS) is 21.1. The zero-order chi connectivity index (χ0) is 10.8. The molecule has 1 unspecified atom stereocenters. The minimum atomic E-state index is 0.267. The average molecular weight is 203 g/mol. The van der Waals surface area contributed by atoms with Crippen molar-refractivity contribution in [2.24, 2.45) is 0 Å². The number of Topliss-reactive ketones (excluding diaryl/α,β-unsaturated/α-hetero) is 1. The van der Waals surface area contributed by atoms with Crippen LogP contribution in [0.5, 0.6) is 0 Å². The summed E-state index contributed by atoms with van der Waals surface area (Å²) in [4.78, 5) is 13.5. The number of likely N-dealkylation sites (N-methyl/N-ethyl adjacent to an activating group) is 1. The van der Waals surface area contributed by atoms with Crippen molar-refractivity contribution in [3.05, 3.63) is 35.4 Å². The van der Waals surface area contributed by atoms with Crippen molar-refractivity contribution in [2.45, 2.75) is 25.8 Å². The molecule has 2 nitrogen and oxygen atoms in total. The molecule has 1 aromatic carbocycles. The third kappa shape index (κ3) is 2.10. The first kappa shape index (κ1) is 10.4. The van der Waals surface area contributed by atoms with Crippen LogP contribution in [0.15, 0.2) is 24.3 Å². The van der Waals surface area contributed by atoms with Gasteiger partial charge in [-0.05, 0) is 31.5 Å². The van der Waals surface area contributed by atoms with Crippen LogP contribution in [0.3, 0.4) is 0 Å². The molecule has 1 heterocycles. The summed E-state index contributed by atoms with van der Waals surface area (Å²) in [5, 5.41) is 0. The molecule has 15 heavy (non-hydrogen) atoms. The van der Waals surface area contributed by atoms with Gasteiger partial charge in [-0.1, -0.05) is 24.3 Å². The highest BCUT2D eigenvalue weighted by atomic mass is 16.1. The summed E-state index contributed by atoms with van der Waals surface area (Å²) in [5.41, 5.74) is 2.74. The molecule has 1 aromatic rings. The van der Waals surface area contributed by atoms with E-state index < -0.39 is 0 Å². The molecule has 0 fully saturated rings. The van der Waals surface area contributed by atoms with Crippen LogP contribution in [0.4, 0.5) is 0 Å². The van der Waals surface area contributed by atoms with Gasteiger partial charge >= 0.3 is 0 Å². The maximum absolute atomic E-state index is 11.2. The number of fused-ring (bicyclic) bond motifs is 1. The zero-order valence-electron chi connectivity index (χ0n) is 9.36. The molecule has 2 rings (SSSR count). The van der Waals surface area contributed by atoms with E-state index in [1.807, 2.05) is 0 Å². The smallest absolute Gasteiger partial charge is 0.131 e. The van der Waals surface area contributed by atoms with Crippen molar-refractivity contribution >= 4 is 5.78 Å². The van der Waals surface area contributed by atoms with Gasteiger partial charge in [-0.15, -0.1) is 0 Å². The minimum absolute atomic E-state index is 0.267. The number of nitrogens with zero attached hydrogens (tertiary/aromatic N) is 1. The third-order valence-corrected chi connectivity index (χ3v) is 3.16. The van der Waals surface area contributed by atoms with Crippen molar-refractivity contribution in [1.29, 1.82) is 0 Å². The highest BCUT2D eigenvalue weighted by molar-refractivity contribution is 5.76. The van der Waals surface area contributed by atoms with Gasteiger partial charge in [0.1, 0.15) is 5.78 Å². The fourth-order valence-corrected chi connectivity index (χ4v) is 2.32. The minimum Gasteiger partial charge on any atom is -0.300 e. The fourth-order valence-electron chi connectivity index (χ4n) is 2.32. The number of ketones is 1. The van der Waals surface area contributed by atoms with E-state index in [-0.39, 0.29) is 11.8 Å². The van der Waals surface area contributed by atoms with Gasteiger partial charge in [-0.3, -0.25) is 9.69 Å². The molecule has 1 aliphatic heterocycles. The van der Waals surface area contributed by atoms with Gasteiger partial charge in [-0.2, -0.15) is 0 Å². The molecule has 0 bridgehead atoms. The van der Waals surface area contributed by atoms with E-state index in [9.17, 15) is 4.79 Å². The molecule has 1 atom stereocenters. The predicted molar refractivity (Wildman–Crippen MR) is 60.8 cm³/mol. The summed E-state index contributed by atoms with van der Waals surface area (Å²) in [5.74, 6) is 0.267. The van der Waals surface area contributed by atoms with E-state index >= 15 is 0 Å². The number of rotatable bonds is 2. The van der Waals surface area contributed by atoms with E-state index in [1.54, 1.807) is 6.92 Å². The highest BCUT2D eigenvalue weighted by Gasteiger charge is 2.24. The predicted octanol–water partition coefficient (Wildman–Crippen LogP) is 2.19. The van der Waals surface area contributed by atoms with Crippen LogP contribution in [0.2, 0.25) is 0 Å². The number of carbonyl (C=O) groups is 1. The van der Waals surface area contributed by atoms with Crippen molar-refractivity contribution in [3.8, 4) is 0 Å². The first-order valence-electron chi connectivity index (χ1n) is 5.46. The van der Waals surface area contributed by atoms with Gasteiger partial charge in [0, 0.05) is 19.0 Å². The van der Waals surface area contributed by atoms with E-state index in [4.69, 9.17) is 0 Å². The Labute approximate surface area is 90.9 Å². The molecule has 0 saturated heterocycles. The Morgan fingerprint density at radius 2 is 2.20 bits per heavy atom.